The van der Waals surface area contributed by atoms with Crippen LogP contribution in [0.5, 0.6) is 0 Å². The lowest BCUT2D eigenvalue weighted by Crippen LogP contribution is -2.44. The Morgan fingerprint density at radius 3 is 2.22 bits per heavy atom. The molecule has 5 unspecified atom stereocenters. The van der Waals surface area contributed by atoms with Crippen LogP contribution < -0.4 is 0 Å². The molecule has 0 spiro atoms. The monoisotopic (exact) mass is 646 g/mol. The Kier molecular flexibility index (Phi) is 19.9. The van der Waals surface area contributed by atoms with Crippen molar-refractivity contribution in [2.45, 2.75) is 178 Å². The van der Waals surface area contributed by atoms with Gasteiger partial charge < -0.3 is 19.3 Å². The maximum absolute atomic E-state index is 13.7. The number of unbranched alkanes of at least 4 members (excludes halogenated alkanes) is 10. The normalized spacial score (nSPS) is 18.0. The van der Waals surface area contributed by atoms with E-state index in [1.54, 1.807) is 32.9 Å². The highest BCUT2D eigenvalue weighted by molar-refractivity contribution is 7.86. The van der Waals surface area contributed by atoms with Crippen molar-refractivity contribution in [3.63, 3.8) is 0 Å². The summed E-state index contributed by atoms with van der Waals surface area (Å²) in [6, 6.07) is 7.23. The summed E-state index contributed by atoms with van der Waals surface area (Å²) in [5, 5.41) is 10.2. The van der Waals surface area contributed by atoms with Crippen LogP contribution >= 0.6 is 0 Å². The molecule has 7 heteroatoms. The summed E-state index contributed by atoms with van der Waals surface area (Å²) in [6.45, 7) is 10.2. The molecule has 1 N–H and O–H groups in total. The minimum atomic E-state index is -1.79. The number of hydrogen-bond acceptors (Lipinski definition) is 6. The maximum atomic E-state index is 13.7. The molecule has 1 heterocycles. The predicted octanol–water partition coefficient (Wildman–Crippen LogP) is 9.28. The molecule has 0 saturated carbocycles. The van der Waals surface area contributed by atoms with Crippen LogP contribution in [-0.2, 0) is 29.8 Å². The first-order chi connectivity index (χ1) is 21.6. The summed E-state index contributed by atoms with van der Waals surface area (Å²) in [7, 11) is -1.79. The first kappa shape index (κ1) is 39.4. The van der Waals surface area contributed by atoms with Gasteiger partial charge in [-0.2, -0.15) is 0 Å². The first-order valence-electron chi connectivity index (χ1n) is 17.7. The van der Waals surface area contributed by atoms with Crippen LogP contribution in [0.15, 0.2) is 47.0 Å². The van der Waals surface area contributed by atoms with Gasteiger partial charge in [0.15, 0.2) is 11.5 Å². The van der Waals surface area contributed by atoms with Gasteiger partial charge in [-0.05, 0) is 103 Å². The molecule has 0 bridgehead atoms. The quantitative estimate of drug-likeness (QED) is 0.0768. The molecule has 1 aromatic rings. The van der Waals surface area contributed by atoms with E-state index in [0.29, 0.717) is 11.5 Å². The Morgan fingerprint density at radius 2 is 1.62 bits per heavy atom. The zero-order chi connectivity index (χ0) is 32.9. The summed E-state index contributed by atoms with van der Waals surface area (Å²) >= 11 is 0. The van der Waals surface area contributed by atoms with Gasteiger partial charge in [0.05, 0.1) is 23.0 Å². The van der Waals surface area contributed by atoms with Crippen LogP contribution in [0.3, 0.4) is 0 Å². The van der Waals surface area contributed by atoms with Crippen LogP contribution in [-0.4, -0.2) is 51.2 Å². The van der Waals surface area contributed by atoms with Crippen molar-refractivity contribution in [2.75, 3.05) is 6.61 Å². The third-order valence-corrected chi connectivity index (χ3v) is 9.73. The van der Waals surface area contributed by atoms with Crippen molar-refractivity contribution >= 4 is 16.8 Å². The SMILES string of the molecule is CCCCCCCC=C=CCCCCCCCC(CC(O)C(C(=O)OC(C)(C)C)S(=O)c1ccc(C)cc1)OC1CCCCO1. The topological polar surface area (TPSA) is 82.1 Å². The Bertz CT molecular complexity index is 1020. The van der Waals surface area contributed by atoms with E-state index >= 15 is 0 Å². The van der Waals surface area contributed by atoms with Crippen molar-refractivity contribution in [3.8, 4) is 0 Å². The van der Waals surface area contributed by atoms with E-state index in [9.17, 15) is 14.1 Å². The van der Waals surface area contributed by atoms with Crippen molar-refractivity contribution in [3.05, 3.63) is 47.7 Å². The molecule has 0 amide bonds. The Labute approximate surface area is 276 Å². The van der Waals surface area contributed by atoms with Crippen molar-refractivity contribution < 1.29 is 28.3 Å². The molecule has 1 aliphatic heterocycles. The third kappa shape index (κ3) is 17.7. The second kappa shape index (κ2) is 22.7. The summed E-state index contributed by atoms with van der Waals surface area (Å²) in [5.41, 5.74) is 3.61. The molecule has 1 fully saturated rings. The minimum Gasteiger partial charge on any atom is -0.459 e. The van der Waals surface area contributed by atoms with E-state index in [1.165, 1.54) is 38.5 Å². The number of carbonyl (C=O) groups excluding carboxylic acids is 1. The molecule has 1 aromatic carbocycles. The highest BCUT2D eigenvalue weighted by Gasteiger charge is 2.38. The van der Waals surface area contributed by atoms with E-state index in [0.717, 1.165) is 69.8 Å². The Hall–Kier alpha value is -1.76. The molecule has 5 atom stereocenters. The summed E-state index contributed by atoms with van der Waals surface area (Å²) < 4.78 is 31.5. The lowest BCUT2D eigenvalue weighted by molar-refractivity contribution is -0.194. The van der Waals surface area contributed by atoms with E-state index in [4.69, 9.17) is 14.2 Å². The molecule has 6 nitrogen and oxygen atoms in total. The first-order valence-corrected chi connectivity index (χ1v) is 18.9. The molecule has 2 rings (SSSR count). The average molecular weight is 647 g/mol. The van der Waals surface area contributed by atoms with E-state index in [-0.39, 0.29) is 18.8 Å². The standard InChI is InChI=1S/C38H62O6S/c1-6-7-8-9-10-11-12-13-14-15-16-17-18-19-20-23-32(43-35-24-21-22-29-42-35)30-34(39)36(37(40)44-38(3,4)5)45(41)33-27-25-31(2)26-28-33/h12,14,25-28,32,34-36,39H,6-11,15-24,29-30H2,1-5H3. The highest BCUT2D eigenvalue weighted by atomic mass is 32.2. The number of hydrogen-bond donors (Lipinski definition) is 1. The second-order valence-corrected chi connectivity index (χ2v) is 15.1. The maximum Gasteiger partial charge on any atom is 0.325 e. The largest absolute Gasteiger partial charge is 0.459 e. The Morgan fingerprint density at radius 1 is 1.00 bits per heavy atom. The van der Waals surface area contributed by atoms with Crippen molar-refractivity contribution in [1.82, 2.24) is 0 Å². The molecular formula is C38H62O6S. The highest BCUT2D eigenvalue weighted by Crippen LogP contribution is 2.26. The Balaban J connectivity index is 1.91. The van der Waals surface area contributed by atoms with Crippen LogP contribution in [0.25, 0.3) is 0 Å². The molecule has 1 aliphatic rings. The number of carbonyl (C=O) groups is 1. The van der Waals surface area contributed by atoms with Gasteiger partial charge in [-0.3, -0.25) is 9.00 Å². The molecule has 0 radical (unpaired) electrons. The van der Waals surface area contributed by atoms with E-state index in [1.807, 2.05) is 19.1 Å². The molecular weight excluding hydrogens is 584 g/mol. The van der Waals surface area contributed by atoms with Crippen LogP contribution in [0.2, 0.25) is 0 Å². The molecule has 0 aromatic heterocycles. The number of benzene rings is 1. The molecule has 0 aliphatic carbocycles. The molecule has 1 saturated heterocycles. The fourth-order valence-electron chi connectivity index (χ4n) is 5.48. The fraction of sp³-hybridized carbons (Fsp3) is 0.737. The summed E-state index contributed by atoms with van der Waals surface area (Å²) in [4.78, 5) is 13.8. The second-order valence-electron chi connectivity index (χ2n) is 13.5. The number of aliphatic hydroxyl groups is 1. The van der Waals surface area contributed by atoms with Crippen LogP contribution in [0.4, 0.5) is 0 Å². The van der Waals surface area contributed by atoms with Gasteiger partial charge >= 0.3 is 5.97 Å². The van der Waals surface area contributed by atoms with Crippen molar-refractivity contribution in [2.24, 2.45) is 0 Å². The predicted molar refractivity (Wildman–Crippen MR) is 185 cm³/mol. The summed E-state index contributed by atoms with van der Waals surface area (Å²) in [6.07, 6.45) is 20.6. The van der Waals surface area contributed by atoms with E-state index in [2.05, 4.69) is 24.8 Å². The lowest BCUT2D eigenvalue weighted by atomic mass is 10.0. The number of rotatable bonds is 22. The fourth-order valence-corrected chi connectivity index (χ4v) is 6.80. The van der Waals surface area contributed by atoms with Crippen molar-refractivity contribution in [1.29, 1.82) is 0 Å². The van der Waals surface area contributed by atoms with Gasteiger partial charge in [0.25, 0.3) is 0 Å². The number of ether oxygens (including phenoxy) is 3. The van der Waals surface area contributed by atoms with Gasteiger partial charge in [0.1, 0.15) is 5.60 Å². The van der Waals surface area contributed by atoms with Gasteiger partial charge in [0, 0.05) is 17.9 Å². The van der Waals surface area contributed by atoms with Gasteiger partial charge in [-0.15, -0.1) is 5.73 Å². The number of esters is 1. The number of aliphatic hydroxyl groups excluding tert-OH is 1. The zero-order valence-corrected chi connectivity index (χ0v) is 29.7. The minimum absolute atomic E-state index is 0.192. The van der Waals surface area contributed by atoms with Crippen LogP contribution in [0.1, 0.15) is 142 Å². The van der Waals surface area contributed by atoms with E-state index < -0.39 is 33.7 Å². The zero-order valence-electron chi connectivity index (χ0n) is 28.9. The molecule has 45 heavy (non-hydrogen) atoms. The number of allylic oxidation sites excluding steroid dienone is 1. The lowest BCUT2D eigenvalue weighted by Gasteiger charge is -2.31. The van der Waals surface area contributed by atoms with Gasteiger partial charge in [-0.25, -0.2) is 0 Å². The van der Waals surface area contributed by atoms with Gasteiger partial charge in [0.2, 0.25) is 0 Å². The summed E-state index contributed by atoms with van der Waals surface area (Å²) in [5.74, 6) is -0.655. The third-order valence-electron chi connectivity index (χ3n) is 8.02. The average Bonchev–Trinajstić information content (AvgIpc) is 2.99. The van der Waals surface area contributed by atoms with Gasteiger partial charge in [-0.1, -0.05) is 76.0 Å². The smallest absolute Gasteiger partial charge is 0.325 e. The molecule has 256 valence electrons. The number of aryl methyl sites for hydroxylation is 1. The van der Waals surface area contributed by atoms with Crippen LogP contribution in [0, 0.1) is 6.92 Å².